The highest BCUT2D eigenvalue weighted by atomic mass is 31.2. The maximum Gasteiger partial charge on any atom is 0.399 e. The Labute approximate surface area is 93.5 Å². The van der Waals surface area contributed by atoms with E-state index in [-0.39, 0.29) is 26.2 Å². The molecule has 1 N–H and O–H groups in total. The van der Waals surface area contributed by atoms with E-state index in [0.29, 0.717) is 0 Å². The van der Waals surface area contributed by atoms with E-state index >= 15 is 0 Å². The molecule has 0 heterocycles. The first-order valence-electron chi connectivity index (χ1n) is 5.30. The molecule has 96 valence electrons. The van der Waals surface area contributed by atoms with Crippen molar-refractivity contribution in [2.45, 2.75) is 25.9 Å². The molecule has 4 nitrogen and oxygen atoms in total. The zero-order valence-electron chi connectivity index (χ0n) is 9.36. The summed E-state index contributed by atoms with van der Waals surface area (Å²) in [5.41, 5.74) is -3.51. The summed E-state index contributed by atoms with van der Waals surface area (Å²) in [5.74, 6) is -1.59. The van der Waals surface area contributed by atoms with Crippen LogP contribution in [0, 0.1) is 11.8 Å². The van der Waals surface area contributed by atoms with Crippen LogP contribution in [0.5, 0.6) is 0 Å². The van der Waals surface area contributed by atoms with E-state index in [9.17, 15) is 13.3 Å². The van der Waals surface area contributed by atoms with Gasteiger partial charge in [-0.3, -0.25) is 4.57 Å². The van der Waals surface area contributed by atoms with E-state index in [4.69, 9.17) is 5.11 Å². The second kappa shape index (κ2) is 5.08. The predicted octanol–water partition coefficient (Wildman–Crippen LogP) is 2.47. The molecule has 0 bridgehead atoms. The van der Waals surface area contributed by atoms with Gasteiger partial charge in [-0.2, -0.15) is 8.78 Å². The van der Waals surface area contributed by atoms with E-state index in [1.54, 1.807) is 0 Å². The van der Waals surface area contributed by atoms with E-state index in [1.807, 2.05) is 0 Å². The van der Waals surface area contributed by atoms with Crippen LogP contribution in [0.2, 0.25) is 0 Å². The van der Waals surface area contributed by atoms with Crippen LogP contribution in [-0.2, 0) is 13.6 Å². The summed E-state index contributed by atoms with van der Waals surface area (Å²) in [6, 6.07) is 0. The monoisotopic (exact) mass is 258 g/mol. The second-order valence-electron chi connectivity index (χ2n) is 3.71. The van der Waals surface area contributed by atoms with Crippen LogP contribution in [-0.4, -0.2) is 30.6 Å². The fourth-order valence-electron chi connectivity index (χ4n) is 1.63. The average Bonchev–Trinajstić information content (AvgIpc) is 2.97. The van der Waals surface area contributed by atoms with Crippen molar-refractivity contribution < 1.29 is 27.5 Å². The lowest BCUT2D eigenvalue weighted by atomic mass is 10.3. The van der Waals surface area contributed by atoms with E-state index < -0.39 is 25.1 Å². The maximum atomic E-state index is 13.8. The highest BCUT2D eigenvalue weighted by molar-refractivity contribution is 7.55. The molecule has 16 heavy (non-hydrogen) atoms. The van der Waals surface area contributed by atoms with Crippen molar-refractivity contribution in [3.05, 3.63) is 0 Å². The number of alkyl halides is 2. The van der Waals surface area contributed by atoms with Gasteiger partial charge >= 0.3 is 13.3 Å². The third-order valence-electron chi connectivity index (χ3n) is 2.57. The molecule has 0 aromatic heterocycles. The first-order valence-corrected chi connectivity index (χ1v) is 6.85. The Morgan fingerprint density at radius 1 is 1.38 bits per heavy atom. The summed E-state index contributed by atoms with van der Waals surface area (Å²) >= 11 is 0. The van der Waals surface area contributed by atoms with E-state index in [1.165, 1.54) is 13.8 Å². The Balaban J connectivity index is 2.80. The van der Waals surface area contributed by atoms with Gasteiger partial charge in [0.05, 0.1) is 13.2 Å². The molecular formula is C9H17F2O4P. The van der Waals surface area contributed by atoms with Gasteiger partial charge in [-0.05, 0) is 26.2 Å². The Morgan fingerprint density at radius 3 is 2.19 bits per heavy atom. The lowest BCUT2D eigenvalue weighted by molar-refractivity contribution is 0.0125. The van der Waals surface area contributed by atoms with Crippen LogP contribution in [0.4, 0.5) is 8.78 Å². The summed E-state index contributed by atoms with van der Waals surface area (Å²) in [7, 11) is -4.41. The van der Waals surface area contributed by atoms with Crippen LogP contribution >= 0.6 is 7.60 Å². The van der Waals surface area contributed by atoms with Crippen molar-refractivity contribution in [1.29, 1.82) is 0 Å². The smallest absolute Gasteiger partial charge is 0.396 e. The summed E-state index contributed by atoms with van der Waals surface area (Å²) in [5, 5.41) is 8.76. The number of hydrogen-bond donors (Lipinski definition) is 1. The van der Waals surface area contributed by atoms with Crippen molar-refractivity contribution in [3.63, 3.8) is 0 Å². The minimum absolute atomic E-state index is 0.0939. The van der Waals surface area contributed by atoms with Crippen molar-refractivity contribution in [2.24, 2.45) is 11.8 Å². The van der Waals surface area contributed by atoms with Crippen LogP contribution in [0.1, 0.15) is 20.3 Å². The van der Waals surface area contributed by atoms with Gasteiger partial charge in [0.1, 0.15) is 0 Å². The fourth-order valence-corrected chi connectivity index (χ4v) is 3.45. The van der Waals surface area contributed by atoms with Gasteiger partial charge < -0.3 is 14.2 Å². The highest BCUT2D eigenvalue weighted by Crippen LogP contribution is 2.70. The van der Waals surface area contributed by atoms with Crippen molar-refractivity contribution >= 4 is 7.60 Å². The summed E-state index contributed by atoms with van der Waals surface area (Å²) in [4.78, 5) is 0. The SMILES string of the molecule is CCOP(=O)(OCC)C(F)(F)[C@H]1C[C@H]1CO. The molecule has 0 spiro atoms. The van der Waals surface area contributed by atoms with Gasteiger partial charge in [-0.25, -0.2) is 0 Å². The first kappa shape index (κ1) is 14.0. The zero-order chi connectivity index (χ0) is 12.4. The number of rotatable bonds is 7. The molecule has 0 aromatic rings. The highest BCUT2D eigenvalue weighted by Gasteiger charge is 2.66. The molecule has 0 aromatic carbocycles. The third kappa shape index (κ3) is 2.45. The average molecular weight is 258 g/mol. The molecule has 0 unspecified atom stereocenters. The van der Waals surface area contributed by atoms with Crippen LogP contribution < -0.4 is 0 Å². The summed E-state index contributed by atoms with van der Waals surface area (Å²) in [6.07, 6.45) is 0.160. The van der Waals surface area contributed by atoms with Gasteiger partial charge in [-0.1, -0.05) is 0 Å². The van der Waals surface area contributed by atoms with Crippen LogP contribution in [0.15, 0.2) is 0 Å². The molecule has 1 aliphatic rings. The minimum atomic E-state index is -4.41. The molecular weight excluding hydrogens is 241 g/mol. The number of halogens is 2. The number of aliphatic hydroxyl groups excluding tert-OH is 1. The van der Waals surface area contributed by atoms with Crippen LogP contribution in [0.3, 0.4) is 0 Å². The Morgan fingerprint density at radius 2 is 1.88 bits per heavy atom. The largest absolute Gasteiger partial charge is 0.399 e. The molecule has 1 fully saturated rings. The van der Waals surface area contributed by atoms with Crippen molar-refractivity contribution in [2.75, 3.05) is 19.8 Å². The maximum absolute atomic E-state index is 13.8. The first-order chi connectivity index (χ1) is 7.43. The van der Waals surface area contributed by atoms with Gasteiger partial charge in [0.25, 0.3) is 0 Å². The van der Waals surface area contributed by atoms with Gasteiger partial charge in [0.2, 0.25) is 0 Å². The van der Waals surface area contributed by atoms with Crippen LogP contribution in [0.25, 0.3) is 0 Å². The molecule has 0 radical (unpaired) electrons. The lowest BCUT2D eigenvalue weighted by Crippen LogP contribution is -2.24. The second-order valence-corrected chi connectivity index (χ2v) is 5.81. The normalized spacial score (nSPS) is 25.8. The molecule has 0 saturated heterocycles. The minimum Gasteiger partial charge on any atom is -0.396 e. The molecule has 2 atom stereocenters. The Hall–Kier alpha value is -0.0300. The zero-order valence-corrected chi connectivity index (χ0v) is 10.3. The third-order valence-corrected chi connectivity index (χ3v) is 4.82. The van der Waals surface area contributed by atoms with Gasteiger partial charge in [0, 0.05) is 12.5 Å². The molecule has 1 saturated carbocycles. The summed E-state index contributed by atoms with van der Waals surface area (Å²) < 4.78 is 48.9. The molecule has 1 aliphatic carbocycles. The number of hydrogen-bond acceptors (Lipinski definition) is 4. The van der Waals surface area contributed by atoms with E-state index in [2.05, 4.69) is 9.05 Å². The van der Waals surface area contributed by atoms with E-state index in [0.717, 1.165) is 0 Å². The Bertz CT molecular complexity index is 275. The molecule has 1 rings (SSSR count). The quantitative estimate of drug-likeness (QED) is 0.713. The Kier molecular flexibility index (Phi) is 4.46. The topological polar surface area (TPSA) is 55.8 Å². The standard InChI is InChI=1S/C9H17F2O4P/c1-3-14-16(13,15-4-2)9(10,11)8-5-7(8)6-12/h7-8,12H,3-6H2,1-2H3/t7-,8-/m0/s1. The molecule has 0 amide bonds. The lowest BCUT2D eigenvalue weighted by Gasteiger charge is -2.25. The predicted molar refractivity (Wildman–Crippen MR) is 54.5 cm³/mol. The number of aliphatic hydroxyl groups is 1. The van der Waals surface area contributed by atoms with Gasteiger partial charge in [-0.15, -0.1) is 0 Å². The van der Waals surface area contributed by atoms with Crippen molar-refractivity contribution in [1.82, 2.24) is 0 Å². The fraction of sp³-hybridized carbons (Fsp3) is 1.00. The van der Waals surface area contributed by atoms with Crippen molar-refractivity contribution in [3.8, 4) is 0 Å². The summed E-state index contributed by atoms with van der Waals surface area (Å²) in [6.45, 7) is 2.46. The molecule has 0 aliphatic heterocycles. The molecule has 7 heteroatoms. The van der Waals surface area contributed by atoms with Gasteiger partial charge in [0.15, 0.2) is 0 Å².